The molecule has 0 aromatic rings. The maximum Gasteiger partial charge on any atom is 0.0807 e. The summed E-state index contributed by atoms with van der Waals surface area (Å²) in [6.45, 7) is 6.54. The third-order valence-electron chi connectivity index (χ3n) is 3.86. The number of rotatable bonds is 11. The second-order valence-electron chi connectivity index (χ2n) is 5.65. The normalized spacial score (nSPS) is 26.9. The van der Waals surface area contributed by atoms with Gasteiger partial charge in [-0.05, 0) is 18.8 Å². The molecule has 0 bridgehead atoms. The third kappa shape index (κ3) is 6.99. The Morgan fingerprint density at radius 3 is 2.30 bits per heavy atom. The summed E-state index contributed by atoms with van der Waals surface area (Å²) in [6, 6.07) is 0. The molecule has 0 aliphatic heterocycles. The summed E-state index contributed by atoms with van der Waals surface area (Å²) in [5, 5.41) is 0. The molecular weight excluding hydrogens is 258 g/mol. The molecule has 0 aromatic carbocycles. The van der Waals surface area contributed by atoms with Gasteiger partial charge in [-0.15, -0.1) is 0 Å². The van der Waals surface area contributed by atoms with Crippen molar-refractivity contribution in [3.63, 3.8) is 0 Å². The van der Waals surface area contributed by atoms with Crippen LogP contribution >= 0.6 is 0 Å². The minimum Gasteiger partial charge on any atom is -0.382 e. The van der Waals surface area contributed by atoms with Gasteiger partial charge in [0.25, 0.3) is 0 Å². The Morgan fingerprint density at radius 1 is 1.05 bits per heavy atom. The minimum absolute atomic E-state index is 0.115. The van der Waals surface area contributed by atoms with Gasteiger partial charge in [0.2, 0.25) is 0 Å². The predicted molar refractivity (Wildman–Crippen MR) is 78.9 cm³/mol. The van der Waals surface area contributed by atoms with Gasteiger partial charge in [0, 0.05) is 13.7 Å². The Balaban J connectivity index is 2.01. The smallest absolute Gasteiger partial charge is 0.0807 e. The first-order valence-corrected chi connectivity index (χ1v) is 7.71. The molecule has 0 heterocycles. The van der Waals surface area contributed by atoms with Crippen molar-refractivity contribution >= 4 is 0 Å². The summed E-state index contributed by atoms with van der Waals surface area (Å²) in [5.74, 6) is 0.711. The van der Waals surface area contributed by atoms with Crippen molar-refractivity contribution < 1.29 is 18.9 Å². The Kier molecular flexibility index (Phi) is 9.39. The lowest BCUT2D eigenvalue weighted by atomic mass is 9.79. The second-order valence-corrected chi connectivity index (χ2v) is 5.65. The molecule has 0 aromatic heterocycles. The van der Waals surface area contributed by atoms with Crippen LogP contribution in [0.1, 0.15) is 32.6 Å². The van der Waals surface area contributed by atoms with Crippen LogP contribution in [0.5, 0.6) is 0 Å². The molecule has 120 valence electrons. The average Bonchev–Trinajstić information content (AvgIpc) is 2.45. The maximum absolute atomic E-state index is 6.02. The zero-order valence-electron chi connectivity index (χ0n) is 13.1. The lowest BCUT2D eigenvalue weighted by Crippen LogP contribution is -2.45. The van der Waals surface area contributed by atoms with Gasteiger partial charge in [-0.2, -0.15) is 0 Å². The molecule has 1 fully saturated rings. The number of nitrogens with two attached hydrogens (primary N) is 1. The highest BCUT2D eigenvalue weighted by Crippen LogP contribution is 2.34. The molecule has 2 N–H and O–H groups in total. The SMILES string of the molecule is COCCOCCOCCOC1(CN)CCCC(C)C1. The van der Waals surface area contributed by atoms with Crippen LogP contribution in [-0.2, 0) is 18.9 Å². The molecule has 2 atom stereocenters. The molecule has 1 rings (SSSR count). The van der Waals surface area contributed by atoms with Crippen LogP contribution in [0, 0.1) is 5.92 Å². The van der Waals surface area contributed by atoms with Crippen LogP contribution in [-0.4, -0.2) is 58.9 Å². The van der Waals surface area contributed by atoms with E-state index in [1.807, 2.05) is 0 Å². The number of methoxy groups -OCH3 is 1. The molecule has 1 saturated carbocycles. The molecule has 5 nitrogen and oxygen atoms in total. The molecule has 0 saturated heterocycles. The summed E-state index contributed by atoms with van der Waals surface area (Å²) in [6.07, 6.45) is 4.66. The van der Waals surface area contributed by atoms with Crippen molar-refractivity contribution in [2.45, 2.75) is 38.2 Å². The number of ether oxygens (including phenoxy) is 4. The van der Waals surface area contributed by atoms with Gasteiger partial charge in [0.15, 0.2) is 0 Å². The van der Waals surface area contributed by atoms with Crippen LogP contribution in [0.4, 0.5) is 0 Å². The van der Waals surface area contributed by atoms with E-state index in [0.29, 0.717) is 52.1 Å². The first kappa shape index (κ1) is 17.9. The summed E-state index contributed by atoms with van der Waals surface area (Å²) in [4.78, 5) is 0. The van der Waals surface area contributed by atoms with Crippen molar-refractivity contribution in [2.75, 3.05) is 53.3 Å². The zero-order valence-corrected chi connectivity index (χ0v) is 13.1. The fourth-order valence-corrected chi connectivity index (χ4v) is 2.77. The summed E-state index contributed by atoms with van der Waals surface area (Å²) >= 11 is 0. The van der Waals surface area contributed by atoms with Gasteiger partial charge in [-0.1, -0.05) is 19.8 Å². The van der Waals surface area contributed by atoms with Crippen LogP contribution in [0.2, 0.25) is 0 Å². The Morgan fingerprint density at radius 2 is 1.70 bits per heavy atom. The van der Waals surface area contributed by atoms with Gasteiger partial charge in [-0.25, -0.2) is 0 Å². The van der Waals surface area contributed by atoms with Crippen molar-refractivity contribution in [2.24, 2.45) is 11.7 Å². The molecule has 1 aliphatic rings. The molecule has 20 heavy (non-hydrogen) atoms. The second kappa shape index (κ2) is 10.5. The first-order valence-electron chi connectivity index (χ1n) is 7.71. The van der Waals surface area contributed by atoms with E-state index in [1.54, 1.807) is 7.11 Å². The van der Waals surface area contributed by atoms with Gasteiger partial charge in [0.05, 0.1) is 45.2 Å². The van der Waals surface area contributed by atoms with Gasteiger partial charge >= 0.3 is 0 Å². The van der Waals surface area contributed by atoms with Crippen LogP contribution < -0.4 is 5.73 Å². The van der Waals surface area contributed by atoms with E-state index in [0.717, 1.165) is 12.8 Å². The van der Waals surface area contributed by atoms with Gasteiger partial charge in [0.1, 0.15) is 0 Å². The molecule has 0 spiro atoms. The Labute approximate surface area is 123 Å². The third-order valence-corrected chi connectivity index (χ3v) is 3.86. The van der Waals surface area contributed by atoms with E-state index >= 15 is 0 Å². The van der Waals surface area contributed by atoms with E-state index in [-0.39, 0.29) is 5.60 Å². The first-order chi connectivity index (χ1) is 9.72. The van der Waals surface area contributed by atoms with E-state index in [4.69, 9.17) is 24.7 Å². The molecule has 5 heteroatoms. The highest BCUT2D eigenvalue weighted by molar-refractivity contribution is 4.87. The topological polar surface area (TPSA) is 62.9 Å². The quantitative estimate of drug-likeness (QED) is 0.585. The van der Waals surface area contributed by atoms with Crippen LogP contribution in [0.15, 0.2) is 0 Å². The lowest BCUT2D eigenvalue weighted by molar-refractivity contribution is -0.0936. The summed E-state index contributed by atoms with van der Waals surface area (Å²) in [7, 11) is 1.66. The highest BCUT2D eigenvalue weighted by atomic mass is 16.6. The lowest BCUT2D eigenvalue weighted by Gasteiger charge is -2.39. The van der Waals surface area contributed by atoms with E-state index in [2.05, 4.69) is 6.92 Å². The minimum atomic E-state index is -0.115. The van der Waals surface area contributed by atoms with Crippen LogP contribution in [0.3, 0.4) is 0 Å². The molecule has 1 aliphatic carbocycles. The van der Waals surface area contributed by atoms with Gasteiger partial charge in [-0.3, -0.25) is 0 Å². The maximum atomic E-state index is 6.02. The Hall–Kier alpha value is -0.200. The van der Waals surface area contributed by atoms with E-state index in [1.165, 1.54) is 12.8 Å². The monoisotopic (exact) mass is 289 g/mol. The standard InChI is InChI=1S/C15H31NO4/c1-14-4-3-5-15(12-14,13-16)20-11-10-19-9-8-18-7-6-17-2/h14H,3-13,16H2,1-2H3. The fourth-order valence-electron chi connectivity index (χ4n) is 2.77. The average molecular weight is 289 g/mol. The predicted octanol–water partition coefficient (Wildman–Crippen LogP) is 1.59. The molecule has 0 amide bonds. The number of hydrogen-bond acceptors (Lipinski definition) is 5. The summed E-state index contributed by atoms with van der Waals surface area (Å²) < 4.78 is 21.7. The van der Waals surface area contributed by atoms with Crippen molar-refractivity contribution in [3.05, 3.63) is 0 Å². The molecule has 2 unspecified atom stereocenters. The van der Waals surface area contributed by atoms with Crippen molar-refractivity contribution in [1.82, 2.24) is 0 Å². The van der Waals surface area contributed by atoms with Crippen molar-refractivity contribution in [1.29, 1.82) is 0 Å². The van der Waals surface area contributed by atoms with Gasteiger partial charge < -0.3 is 24.7 Å². The van der Waals surface area contributed by atoms with Crippen molar-refractivity contribution in [3.8, 4) is 0 Å². The zero-order chi connectivity index (χ0) is 14.7. The summed E-state index contributed by atoms with van der Waals surface area (Å²) in [5.41, 5.74) is 5.80. The number of hydrogen-bond donors (Lipinski definition) is 1. The van der Waals surface area contributed by atoms with Crippen LogP contribution in [0.25, 0.3) is 0 Å². The molecular formula is C15H31NO4. The Bertz CT molecular complexity index is 240. The largest absolute Gasteiger partial charge is 0.382 e. The fraction of sp³-hybridized carbons (Fsp3) is 1.00. The van der Waals surface area contributed by atoms with E-state index < -0.39 is 0 Å². The molecule has 0 radical (unpaired) electrons. The highest BCUT2D eigenvalue weighted by Gasteiger charge is 2.34. The van der Waals surface area contributed by atoms with E-state index in [9.17, 15) is 0 Å².